The van der Waals surface area contributed by atoms with Crippen molar-refractivity contribution < 1.29 is 4.79 Å². The van der Waals surface area contributed by atoms with Crippen LogP contribution in [-0.2, 0) is 6.42 Å². The number of carbonyl (C=O) groups is 1. The van der Waals surface area contributed by atoms with E-state index in [2.05, 4.69) is 29.6 Å². The van der Waals surface area contributed by atoms with E-state index in [1.165, 1.54) is 50.5 Å². The van der Waals surface area contributed by atoms with Crippen LogP contribution in [0.25, 0.3) is 0 Å². The van der Waals surface area contributed by atoms with Gasteiger partial charge in [-0.25, -0.2) is 0 Å². The van der Waals surface area contributed by atoms with Gasteiger partial charge in [-0.3, -0.25) is 4.79 Å². The molecule has 2 N–H and O–H groups in total. The standard InChI is InChI=1S/C24H38ClN3O.CH2/c1-28(2)15-14-26-13-5-8-19-9-10-22(25)21(16-19)23(29)27-18-24-11-3-6-20(17-24)7-4-12-24;/h9-10,16,20,26H,3-8,11-15,17-18H2,1-2H3,(H,27,29);1H2. The van der Waals surface area contributed by atoms with Crippen LogP contribution in [0.5, 0.6) is 0 Å². The lowest BCUT2D eigenvalue weighted by molar-refractivity contribution is 0.0682. The zero-order valence-electron chi connectivity index (χ0n) is 18.9. The molecule has 0 heterocycles. The van der Waals surface area contributed by atoms with E-state index in [1.807, 2.05) is 18.2 Å². The van der Waals surface area contributed by atoms with E-state index < -0.39 is 0 Å². The summed E-state index contributed by atoms with van der Waals surface area (Å²) in [5.41, 5.74) is 2.14. The fraction of sp³-hybridized carbons (Fsp3) is 0.680. The van der Waals surface area contributed by atoms with Crippen molar-refractivity contribution in [1.29, 1.82) is 0 Å². The van der Waals surface area contributed by atoms with E-state index >= 15 is 0 Å². The molecule has 1 aromatic carbocycles. The third-order valence-corrected chi connectivity index (χ3v) is 7.14. The lowest BCUT2D eigenvalue weighted by atomic mass is 9.62. The molecule has 0 saturated heterocycles. The molecule has 0 aliphatic heterocycles. The van der Waals surface area contributed by atoms with Gasteiger partial charge in [-0.2, -0.15) is 0 Å². The van der Waals surface area contributed by atoms with Crippen molar-refractivity contribution in [2.45, 2.75) is 57.8 Å². The van der Waals surface area contributed by atoms with Crippen molar-refractivity contribution in [2.75, 3.05) is 40.3 Å². The molecular weight excluding hydrogens is 394 g/mol. The topological polar surface area (TPSA) is 44.4 Å². The minimum Gasteiger partial charge on any atom is -0.351 e. The van der Waals surface area contributed by atoms with Gasteiger partial charge in [0, 0.05) is 19.6 Å². The Balaban J connectivity index is 0.00000320. The molecule has 2 bridgehead atoms. The van der Waals surface area contributed by atoms with Crippen LogP contribution >= 0.6 is 11.6 Å². The summed E-state index contributed by atoms with van der Waals surface area (Å²) >= 11 is 6.37. The monoisotopic (exact) mass is 433 g/mol. The Kier molecular flexibility index (Phi) is 10.1. The molecule has 2 radical (unpaired) electrons. The summed E-state index contributed by atoms with van der Waals surface area (Å²) in [4.78, 5) is 15.1. The van der Waals surface area contributed by atoms with Gasteiger partial charge in [-0.05, 0) is 81.8 Å². The molecule has 168 valence electrons. The molecule has 5 heteroatoms. The van der Waals surface area contributed by atoms with Gasteiger partial charge >= 0.3 is 0 Å². The van der Waals surface area contributed by atoms with E-state index in [4.69, 9.17) is 11.6 Å². The maximum absolute atomic E-state index is 12.9. The number of carbonyl (C=O) groups excluding carboxylic acids is 1. The van der Waals surface area contributed by atoms with Crippen LogP contribution in [-0.4, -0.2) is 51.1 Å². The molecule has 2 fully saturated rings. The lowest BCUT2D eigenvalue weighted by Crippen LogP contribution is -2.43. The number of amides is 1. The van der Waals surface area contributed by atoms with Crippen LogP contribution in [0.3, 0.4) is 0 Å². The van der Waals surface area contributed by atoms with Gasteiger partial charge < -0.3 is 15.5 Å². The van der Waals surface area contributed by atoms with Gasteiger partial charge in [0.15, 0.2) is 0 Å². The Morgan fingerprint density at radius 2 is 1.93 bits per heavy atom. The third-order valence-electron chi connectivity index (χ3n) is 6.81. The highest BCUT2D eigenvalue weighted by molar-refractivity contribution is 6.33. The number of hydrogen-bond donors (Lipinski definition) is 2. The summed E-state index contributed by atoms with van der Waals surface area (Å²) in [5.74, 6) is 0.871. The Hall–Kier alpha value is -1.10. The van der Waals surface area contributed by atoms with E-state index in [0.717, 1.165) is 44.9 Å². The largest absolute Gasteiger partial charge is 0.351 e. The maximum Gasteiger partial charge on any atom is 0.252 e. The summed E-state index contributed by atoms with van der Waals surface area (Å²) in [6.07, 6.45) is 11.2. The predicted octanol–water partition coefficient (Wildman–Crippen LogP) is 4.84. The van der Waals surface area contributed by atoms with Gasteiger partial charge in [-0.1, -0.05) is 50.8 Å². The SMILES string of the molecule is CN(C)CCNCCCc1ccc(Cl)c(C(=O)NCC23CCCC(CCC2)C3)c1.[CH2]. The van der Waals surface area contributed by atoms with Crippen molar-refractivity contribution in [1.82, 2.24) is 15.5 Å². The second kappa shape index (κ2) is 12.1. The number of likely N-dealkylation sites (N-methyl/N-ethyl adjacent to an activating group) is 1. The summed E-state index contributed by atoms with van der Waals surface area (Å²) in [6, 6.07) is 5.91. The molecule has 3 rings (SSSR count). The highest BCUT2D eigenvalue weighted by Crippen LogP contribution is 2.48. The van der Waals surface area contributed by atoms with Crippen molar-refractivity contribution >= 4 is 17.5 Å². The Morgan fingerprint density at radius 1 is 1.20 bits per heavy atom. The van der Waals surface area contributed by atoms with Gasteiger partial charge in [0.25, 0.3) is 5.91 Å². The molecule has 0 unspecified atom stereocenters. The molecule has 2 aliphatic carbocycles. The first-order valence-corrected chi connectivity index (χ1v) is 11.8. The molecule has 1 aromatic rings. The van der Waals surface area contributed by atoms with Crippen molar-refractivity contribution in [2.24, 2.45) is 11.3 Å². The number of rotatable bonds is 10. The molecule has 0 aromatic heterocycles. The zero-order chi connectivity index (χ0) is 20.7. The summed E-state index contributed by atoms with van der Waals surface area (Å²) in [5, 5.41) is 7.26. The molecule has 2 saturated carbocycles. The summed E-state index contributed by atoms with van der Waals surface area (Å²) in [6.45, 7) is 3.84. The molecule has 30 heavy (non-hydrogen) atoms. The fourth-order valence-electron chi connectivity index (χ4n) is 5.18. The van der Waals surface area contributed by atoms with E-state index in [-0.39, 0.29) is 13.3 Å². The van der Waals surface area contributed by atoms with E-state index in [0.29, 0.717) is 16.0 Å². The third kappa shape index (κ3) is 7.25. The van der Waals surface area contributed by atoms with Gasteiger partial charge in [0.05, 0.1) is 10.6 Å². The second-order valence-corrected chi connectivity index (χ2v) is 9.92. The molecule has 2 aliphatic rings. The van der Waals surface area contributed by atoms with Gasteiger partial charge in [-0.15, -0.1) is 0 Å². The number of fused-ring (bicyclic) bond motifs is 2. The minimum absolute atomic E-state index is 0. The molecule has 0 atom stereocenters. The average molecular weight is 434 g/mol. The number of aryl methyl sites for hydroxylation is 1. The fourth-order valence-corrected chi connectivity index (χ4v) is 5.38. The van der Waals surface area contributed by atoms with Crippen LogP contribution in [0, 0.1) is 18.8 Å². The second-order valence-electron chi connectivity index (χ2n) is 9.51. The van der Waals surface area contributed by atoms with E-state index in [9.17, 15) is 4.79 Å². The molecular formula is C25H40ClN3O. The number of nitrogens with zero attached hydrogens (tertiary/aromatic N) is 1. The zero-order valence-corrected chi connectivity index (χ0v) is 19.7. The highest BCUT2D eigenvalue weighted by atomic mass is 35.5. The minimum atomic E-state index is -0.0111. The first-order chi connectivity index (χ1) is 14.0. The van der Waals surface area contributed by atoms with Crippen LogP contribution in [0.15, 0.2) is 18.2 Å². The van der Waals surface area contributed by atoms with Crippen molar-refractivity contribution in [3.8, 4) is 0 Å². The first kappa shape index (κ1) is 25.2. The smallest absolute Gasteiger partial charge is 0.252 e. The lowest BCUT2D eigenvalue weighted by Gasteiger charge is -2.45. The molecule has 1 amide bonds. The Morgan fingerprint density at radius 3 is 2.63 bits per heavy atom. The highest BCUT2D eigenvalue weighted by Gasteiger charge is 2.39. The van der Waals surface area contributed by atoms with Gasteiger partial charge in [0.1, 0.15) is 0 Å². The van der Waals surface area contributed by atoms with Crippen LogP contribution in [0.2, 0.25) is 5.02 Å². The summed E-state index contributed by atoms with van der Waals surface area (Å²) in [7, 11) is 4.17. The predicted molar refractivity (Wildman–Crippen MR) is 127 cm³/mol. The number of hydrogen-bond acceptors (Lipinski definition) is 3. The average Bonchev–Trinajstić information content (AvgIpc) is 2.70. The first-order valence-electron chi connectivity index (χ1n) is 11.4. The number of benzene rings is 1. The number of halogens is 1. The Bertz CT molecular complexity index is 666. The Labute approximate surface area is 189 Å². The van der Waals surface area contributed by atoms with Crippen LogP contribution in [0.4, 0.5) is 0 Å². The quantitative estimate of drug-likeness (QED) is 0.519. The van der Waals surface area contributed by atoms with Crippen LogP contribution < -0.4 is 10.6 Å². The number of nitrogens with one attached hydrogen (secondary N) is 2. The normalized spacial score (nSPS) is 23.1. The van der Waals surface area contributed by atoms with Crippen molar-refractivity contribution in [3.63, 3.8) is 0 Å². The van der Waals surface area contributed by atoms with Gasteiger partial charge in [0.2, 0.25) is 0 Å². The molecule has 4 nitrogen and oxygen atoms in total. The van der Waals surface area contributed by atoms with Crippen LogP contribution in [0.1, 0.15) is 67.3 Å². The van der Waals surface area contributed by atoms with E-state index in [1.54, 1.807) is 0 Å². The maximum atomic E-state index is 12.9. The van der Waals surface area contributed by atoms with Crippen molar-refractivity contribution in [3.05, 3.63) is 41.8 Å². The molecule has 0 spiro atoms. The summed E-state index contributed by atoms with van der Waals surface area (Å²) < 4.78 is 0.